The van der Waals surface area contributed by atoms with Crippen LogP contribution in [-0.4, -0.2) is 13.0 Å². The van der Waals surface area contributed by atoms with Crippen molar-refractivity contribution >= 4 is 44.9 Å². The molecule has 1 N–H and O–H groups in total. The average Bonchev–Trinajstić information content (AvgIpc) is 2.90. The number of nitriles is 1. The smallest absolute Gasteiger partial charge is 0.266 e. The molecular weight excluding hydrogens is 352 g/mol. The number of hydrogen-bond donors (Lipinski definition) is 1. The van der Waals surface area contributed by atoms with E-state index in [9.17, 15) is 4.79 Å². The maximum absolute atomic E-state index is 12.2. The third-order valence-corrected chi connectivity index (χ3v) is 4.17. The Morgan fingerprint density at radius 2 is 2.14 bits per heavy atom. The molecule has 1 heterocycles. The third-order valence-electron chi connectivity index (χ3n) is 2.60. The summed E-state index contributed by atoms with van der Waals surface area (Å²) in [5, 5.41) is 11.8. The van der Waals surface area contributed by atoms with Crippen LogP contribution in [0.3, 0.4) is 0 Å². The minimum absolute atomic E-state index is 0.0373. The molecule has 1 aromatic carbocycles. The van der Waals surface area contributed by atoms with E-state index in [1.807, 2.05) is 18.2 Å². The second kappa shape index (κ2) is 7.07. The first kappa shape index (κ1) is 15.3. The number of benzene rings is 1. The first-order valence-corrected chi connectivity index (χ1v) is 7.56. The van der Waals surface area contributed by atoms with Crippen molar-refractivity contribution in [1.82, 2.24) is 0 Å². The standard InChI is InChI=1S/C15H11BrN2O2S/c1-20-13-5-3-2-4-12(13)18-15(19)10(9-17)8-11-6-7-14(16)21-11/h2-8H,1H3,(H,18,19)/b10-8+. The van der Waals surface area contributed by atoms with Crippen LogP contribution in [0.5, 0.6) is 5.75 Å². The molecule has 2 aromatic rings. The van der Waals surface area contributed by atoms with Gasteiger partial charge in [-0.3, -0.25) is 4.79 Å². The Hall–Kier alpha value is -2.10. The van der Waals surface area contributed by atoms with E-state index in [-0.39, 0.29) is 5.57 Å². The molecule has 6 heteroatoms. The summed E-state index contributed by atoms with van der Waals surface area (Å²) >= 11 is 4.79. The Bertz CT molecular complexity index is 731. The highest BCUT2D eigenvalue weighted by molar-refractivity contribution is 9.11. The van der Waals surface area contributed by atoms with Crippen LogP contribution in [0.2, 0.25) is 0 Å². The quantitative estimate of drug-likeness (QED) is 0.658. The molecule has 0 atom stereocenters. The van der Waals surface area contributed by atoms with Gasteiger partial charge in [0, 0.05) is 4.88 Å². The topological polar surface area (TPSA) is 62.1 Å². The summed E-state index contributed by atoms with van der Waals surface area (Å²) in [7, 11) is 1.52. The van der Waals surface area contributed by atoms with Gasteiger partial charge in [0.1, 0.15) is 17.4 Å². The van der Waals surface area contributed by atoms with Gasteiger partial charge in [0.2, 0.25) is 0 Å². The summed E-state index contributed by atoms with van der Waals surface area (Å²) in [6, 6.07) is 12.7. The number of carbonyl (C=O) groups excluding carboxylic acids is 1. The van der Waals surface area contributed by atoms with Gasteiger partial charge in [-0.15, -0.1) is 11.3 Å². The van der Waals surface area contributed by atoms with E-state index in [1.54, 1.807) is 30.3 Å². The van der Waals surface area contributed by atoms with Gasteiger partial charge < -0.3 is 10.1 Å². The molecule has 1 aromatic heterocycles. The molecule has 0 unspecified atom stereocenters. The summed E-state index contributed by atoms with van der Waals surface area (Å²) in [6.45, 7) is 0. The van der Waals surface area contributed by atoms with Crippen LogP contribution in [-0.2, 0) is 4.79 Å². The van der Waals surface area contributed by atoms with Crippen molar-refractivity contribution in [2.45, 2.75) is 0 Å². The van der Waals surface area contributed by atoms with Gasteiger partial charge in [0.05, 0.1) is 16.6 Å². The van der Waals surface area contributed by atoms with Crippen molar-refractivity contribution in [1.29, 1.82) is 5.26 Å². The van der Waals surface area contributed by atoms with Crippen molar-refractivity contribution < 1.29 is 9.53 Å². The maximum atomic E-state index is 12.2. The molecule has 0 aliphatic carbocycles. The van der Waals surface area contributed by atoms with Gasteiger partial charge in [0.25, 0.3) is 5.91 Å². The van der Waals surface area contributed by atoms with E-state index >= 15 is 0 Å². The molecule has 21 heavy (non-hydrogen) atoms. The molecule has 1 amide bonds. The predicted molar refractivity (Wildman–Crippen MR) is 87.2 cm³/mol. The van der Waals surface area contributed by atoms with Crippen molar-refractivity contribution in [3.05, 3.63) is 50.6 Å². The second-order valence-electron chi connectivity index (χ2n) is 3.97. The Balaban J connectivity index is 2.22. The zero-order valence-corrected chi connectivity index (χ0v) is 13.5. The van der Waals surface area contributed by atoms with Crippen molar-refractivity contribution in [2.75, 3.05) is 12.4 Å². The van der Waals surface area contributed by atoms with Crippen LogP contribution in [0.1, 0.15) is 4.88 Å². The number of anilines is 1. The predicted octanol–water partition coefficient (Wildman–Crippen LogP) is 4.06. The van der Waals surface area contributed by atoms with E-state index in [4.69, 9.17) is 10.00 Å². The lowest BCUT2D eigenvalue weighted by atomic mass is 10.2. The molecule has 0 radical (unpaired) electrons. The van der Waals surface area contributed by atoms with Crippen molar-refractivity contribution in [3.63, 3.8) is 0 Å². The van der Waals surface area contributed by atoms with Gasteiger partial charge >= 0.3 is 0 Å². The molecule has 0 saturated heterocycles. The fraction of sp³-hybridized carbons (Fsp3) is 0.0667. The number of halogens is 1. The van der Waals surface area contributed by atoms with Crippen molar-refractivity contribution in [3.8, 4) is 11.8 Å². The van der Waals surface area contributed by atoms with Crippen LogP contribution in [0.25, 0.3) is 6.08 Å². The lowest BCUT2D eigenvalue weighted by Gasteiger charge is -2.08. The summed E-state index contributed by atoms with van der Waals surface area (Å²) < 4.78 is 6.10. The number of para-hydroxylation sites is 2. The molecule has 2 rings (SSSR count). The monoisotopic (exact) mass is 362 g/mol. The van der Waals surface area contributed by atoms with Crippen LogP contribution < -0.4 is 10.1 Å². The average molecular weight is 363 g/mol. The number of thiophene rings is 1. The van der Waals surface area contributed by atoms with Gasteiger partial charge in [-0.1, -0.05) is 12.1 Å². The number of rotatable bonds is 4. The number of ether oxygens (including phenoxy) is 1. The molecular formula is C15H11BrN2O2S. The van der Waals surface area contributed by atoms with Gasteiger partial charge in [-0.05, 0) is 46.3 Å². The number of hydrogen-bond acceptors (Lipinski definition) is 4. The summed E-state index contributed by atoms with van der Waals surface area (Å²) in [5.41, 5.74) is 0.564. The fourth-order valence-corrected chi connectivity index (χ4v) is 3.00. The van der Waals surface area contributed by atoms with Crippen LogP contribution in [0, 0.1) is 11.3 Å². The SMILES string of the molecule is COc1ccccc1NC(=O)/C(C#N)=C/c1ccc(Br)s1. The highest BCUT2D eigenvalue weighted by Gasteiger charge is 2.12. The second-order valence-corrected chi connectivity index (χ2v) is 6.46. The van der Waals surface area contributed by atoms with Crippen molar-refractivity contribution in [2.24, 2.45) is 0 Å². The fourth-order valence-electron chi connectivity index (χ4n) is 1.63. The number of methoxy groups -OCH3 is 1. The van der Waals surface area contributed by atoms with Gasteiger partial charge in [-0.2, -0.15) is 5.26 Å². The molecule has 0 spiro atoms. The molecule has 0 aliphatic rings. The lowest BCUT2D eigenvalue weighted by molar-refractivity contribution is -0.112. The first-order valence-electron chi connectivity index (χ1n) is 5.95. The number of nitrogens with one attached hydrogen (secondary N) is 1. The zero-order chi connectivity index (χ0) is 15.2. The molecule has 0 bridgehead atoms. The van der Waals surface area contributed by atoms with Crippen LogP contribution >= 0.6 is 27.3 Å². The number of nitrogens with zero attached hydrogens (tertiary/aromatic N) is 1. The van der Waals surface area contributed by atoms with Crippen LogP contribution in [0.15, 0.2) is 45.8 Å². The molecule has 0 saturated carbocycles. The highest BCUT2D eigenvalue weighted by atomic mass is 79.9. The minimum atomic E-state index is -0.466. The van der Waals surface area contributed by atoms with E-state index in [0.717, 1.165) is 8.66 Å². The van der Waals surface area contributed by atoms with E-state index < -0.39 is 5.91 Å². The Kier molecular flexibility index (Phi) is 5.14. The summed E-state index contributed by atoms with van der Waals surface area (Å²) in [4.78, 5) is 13.0. The van der Waals surface area contributed by atoms with Gasteiger partial charge in [-0.25, -0.2) is 0 Å². The zero-order valence-electron chi connectivity index (χ0n) is 11.1. The van der Waals surface area contributed by atoms with Crippen LogP contribution in [0.4, 0.5) is 5.69 Å². The summed E-state index contributed by atoms with van der Waals surface area (Å²) in [6.07, 6.45) is 1.56. The van der Waals surface area contributed by atoms with E-state index in [0.29, 0.717) is 11.4 Å². The molecule has 0 fully saturated rings. The molecule has 4 nitrogen and oxygen atoms in total. The largest absolute Gasteiger partial charge is 0.495 e. The summed E-state index contributed by atoms with van der Waals surface area (Å²) in [5.74, 6) is 0.0773. The van der Waals surface area contributed by atoms with E-state index in [1.165, 1.54) is 18.4 Å². The normalized spacial score (nSPS) is 10.8. The maximum Gasteiger partial charge on any atom is 0.266 e. The number of carbonyl (C=O) groups is 1. The Morgan fingerprint density at radius 1 is 1.38 bits per heavy atom. The Labute approximate surface area is 134 Å². The lowest BCUT2D eigenvalue weighted by Crippen LogP contribution is -2.14. The first-order chi connectivity index (χ1) is 10.1. The molecule has 0 aliphatic heterocycles. The van der Waals surface area contributed by atoms with E-state index in [2.05, 4.69) is 21.2 Å². The molecule has 106 valence electrons. The van der Waals surface area contributed by atoms with Gasteiger partial charge in [0.15, 0.2) is 0 Å². The highest BCUT2D eigenvalue weighted by Crippen LogP contribution is 2.26. The Morgan fingerprint density at radius 3 is 2.76 bits per heavy atom. The number of amides is 1. The third kappa shape index (κ3) is 3.94. The minimum Gasteiger partial charge on any atom is -0.495 e.